The monoisotopic (exact) mass is 407 g/mol. The van der Waals surface area contributed by atoms with Crippen molar-refractivity contribution in [2.45, 2.75) is 44.2 Å². The van der Waals surface area contributed by atoms with Crippen molar-refractivity contribution in [2.24, 2.45) is 0 Å². The topological polar surface area (TPSA) is 61.9 Å². The highest BCUT2D eigenvalue weighted by atomic mass is 35.5. The average molecular weight is 408 g/mol. The molecule has 7 heteroatoms. The van der Waals surface area contributed by atoms with Gasteiger partial charge in [-0.05, 0) is 26.5 Å². The molecule has 2 fully saturated rings. The lowest BCUT2D eigenvalue weighted by molar-refractivity contribution is -0.134. The maximum Gasteiger partial charge on any atom is 0.234 e. The highest BCUT2D eigenvalue weighted by molar-refractivity contribution is 5.91. The summed E-state index contributed by atoms with van der Waals surface area (Å²) in [5.74, 6) is 0.840. The summed E-state index contributed by atoms with van der Waals surface area (Å²) in [4.78, 5) is 29.7. The second-order valence-corrected chi connectivity index (χ2v) is 8.55. The van der Waals surface area contributed by atoms with Crippen molar-refractivity contribution in [3.8, 4) is 5.75 Å². The number of piperazine rings is 1. The lowest BCUT2D eigenvalue weighted by Crippen LogP contribution is -2.61. The Morgan fingerprint density at radius 2 is 2.00 bits per heavy atom. The zero-order valence-electron chi connectivity index (χ0n) is 16.9. The quantitative estimate of drug-likeness (QED) is 0.823. The van der Waals surface area contributed by atoms with E-state index in [9.17, 15) is 9.59 Å². The van der Waals surface area contributed by atoms with Crippen LogP contribution in [0.4, 0.5) is 0 Å². The molecule has 0 unspecified atom stereocenters. The minimum atomic E-state index is -0.573. The van der Waals surface area contributed by atoms with Crippen LogP contribution in [0.25, 0.3) is 0 Å². The Labute approximate surface area is 173 Å². The SMILES string of the molecule is Cc1ccc2c(c1)[C@]1(C)CCC(=O)[C@H](NC(=O)CN3CCN(C)CC3)[C@@H]1O2.Cl. The third-order valence-corrected chi connectivity index (χ3v) is 6.45. The van der Waals surface area contributed by atoms with E-state index < -0.39 is 6.04 Å². The molecule has 1 aromatic rings. The number of aryl methyl sites for hydroxylation is 1. The molecule has 154 valence electrons. The number of ketones is 1. The van der Waals surface area contributed by atoms with Crippen molar-refractivity contribution in [3.63, 3.8) is 0 Å². The van der Waals surface area contributed by atoms with Crippen LogP contribution < -0.4 is 10.1 Å². The van der Waals surface area contributed by atoms with Gasteiger partial charge in [0.25, 0.3) is 0 Å². The van der Waals surface area contributed by atoms with Gasteiger partial charge in [0, 0.05) is 43.6 Å². The Hall–Kier alpha value is -1.63. The van der Waals surface area contributed by atoms with E-state index in [0.717, 1.165) is 38.3 Å². The third-order valence-electron chi connectivity index (χ3n) is 6.45. The standard InChI is InChI=1S/C21H29N3O3.ClH/c1-14-4-5-17-15(12-14)21(2)7-6-16(25)19(20(21)27-17)22-18(26)13-24-10-8-23(3)9-11-24;/h4-5,12,19-20H,6-11,13H2,1-3H3,(H,22,26);1H/t19-,20-,21-;/m0./s1. The molecular weight excluding hydrogens is 378 g/mol. The molecule has 3 atom stereocenters. The molecule has 4 rings (SSSR count). The molecule has 2 aliphatic heterocycles. The van der Waals surface area contributed by atoms with Crippen molar-refractivity contribution in [1.29, 1.82) is 0 Å². The van der Waals surface area contributed by atoms with Crippen LogP contribution in [0, 0.1) is 6.92 Å². The van der Waals surface area contributed by atoms with Crippen LogP contribution >= 0.6 is 12.4 Å². The van der Waals surface area contributed by atoms with Gasteiger partial charge in [-0.1, -0.05) is 24.6 Å². The van der Waals surface area contributed by atoms with Crippen LogP contribution in [0.3, 0.4) is 0 Å². The molecule has 28 heavy (non-hydrogen) atoms. The molecule has 1 saturated carbocycles. The van der Waals surface area contributed by atoms with Crippen molar-refractivity contribution < 1.29 is 14.3 Å². The number of Topliss-reactive ketones (excluding diaryl/α,β-unsaturated/α-hetero) is 1. The fraction of sp³-hybridized carbons (Fsp3) is 0.619. The van der Waals surface area contributed by atoms with E-state index in [0.29, 0.717) is 13.0 Å². The Balaban J connectivity index is 0.00000225. The lowest BCUT2D eigenvalue weighted by atomic mass is 9.67. The molecule has 1 amide bonds. The molecule has 0 aromatic heterocycles. The predicted octanol–water partition coefficient (Wildman–Crippen LogP) is 1.53. The van der Waals surface area contributed by atoms with E-state index in [1.54, 1.807) is 0 Å². The number of benzene rings is 1. The first kappa shape index (κ1) is 21.1. The van der Waals surface area contributed by atoms with Gasteiger partial charge in [0.1, 0.15) is 17.9 Å². The molecule has 1 saturated heterocycles. The third kappa shape index (κ3) is 3.78. The fourth-order valence-corrected chi connectivity index (χ4v) is 4.62. The van der Waals surface area contributed by atoms with Crippen LogP contribution in [0.2, 0.25) is 0 Å². The zero-order chi connectivity index (χ0) is 19.2. The molecule has 6 nitrogen and oxygen atoms in total. The summed E-state index contributed by atoms with van der Waals surface area (Å²) < 4.78 is 6.20. The van der Waals surface area contributed by atoms with E-state index in [2.05, 4.69) is 42.1 Å². The average Bonchev–Trinajstić information content (AvgIpc) is 2.93. The minimum Gasteiger partial charge on any atom is -0.487 e. The van der Waals surface area contributed by atoms with Gasteiger partial charge in [-0.25, -0.2) is 0 Å². The fourth-order valence-electron chi connectivity index (χ4n) is 4.62. The second-order valence-electron chi connectivity index (χ2n) is 8.55. The largest absolute Gasteiger partial charge is 0.487 e. The van der Waals surface area contributed by atoms with E-state index in [4.69, 9.17) is 4.74 Å². The van der Waals surface area contributed by atoms with Crippen molar-refractivity contribution in [3.05, 3.63) is 29.3 Å². The van der Waals surface area contributed by atoms with Crippen LogP contribution in [-0.4, -0.2) is 73.4 Å². The molecular formula is C21H30ClN3O3. The van der Waals surface area contributed by atoms with E-state index in [1.807, 2.05) is 12.1 Å². The van der Waals surface area contributed by atoms with Gasteiger partial charge in [-0.3, -0.25) is 14.5 Å². The highest BCUT2D eigenvalue weighted by Crippen LogP contribution is 2.49. The maximum absolute atomic E-state index is 12.7. The Bertz CT molecular complexity index is 763. The number of hydrogen-bond donors (Lipinski definition) is 1. The number of amides is 1. The van der Waals surface area contributed by atoms with Crippen molar-refractivity contribution in [1.82, 2.24) is 15.1 Å². The van der Waals surface area contributed by atoms with E-state index in [-0.39, 0.29) is 35.6 Å². The number of halogens is 1. The number of carbonyl (C=O) groups is 2. The van der Waals surface area contributed by atoms with Crippen LogP contribution in [0.1, 0.15) is 30.9 Å². The molecule has 1 aliphatic carbocycles. The normalized spacial score (nSPS) is 30.0. The number of ether oxygens (including phenoxy) is 1. The van der Waals surface area contributed by atoms with Crippen LogP contribution in [0.5, 0.6) is 5.75 Å². The lowest BCUT2D eigenvalue weighted by Gasteiger charge is -2.40. The first-order valence-corrected chi connectivity index (χ1v) is 9.87. The molecule has 2 heterocycles. The van der Waals surface area contributed by atoms with Gasteiger partial charge in [0.2, 0.25) is 5.91 Å². The number of hydrogen-bond acceptors (Lipinski definition) is 5. The molecule has 0 bridgehead atoms. The summed E-state index contributed by atoms with van der Waals surface area (Å²) in [6.07, 6.45) is 0.910. The Kier molecular flexibility index (Phi) is 6.03. The summed E-state index contributed by atoms with van der Waals surface area (Å²) >= 11 is 0. The van der Waals surface area contributed by atoms with E-state index >= 15 is 0 Å². The number of nitrogens with zero attached hydrogens (tertiary/aromatic N) is 2. The molecule has 0 spiro atoms. The zero-order valence-corrected chi connectivity index (χ0v) is 17.7. The molecule has 3 aliphatic rings. The number of likely N-dealkylation sites (N-methyl/N-ethyl adjacent to an activating group) is 1. The van der Waals surface area contributed by atoms with Gasteiger partial charge in [-0.2, -0.15) is 0 Å². The summed E-state index contributed by atoms with van der Waals surface area (Å²) in [6, 6.07) is 5.61. The number of rotatable bonds is 3. The summed E-state index contributed by atoms with van der Waals surface area (Å²) in [5.41, 5.74) is 2.12. The number of fused-ring (bicyclic) bond motifs is 3. The van der Waals surface area contributed by atoms with Gasteiger partial charge in [0.05, 0.1) is 6.54 Å². The Morgan fingerprint density at radius 1 is 1.29 bits per heavy atom. The first-order valence-electron chi connectivity index (χ1n) is 9.87. The molecule has 0 radical (unpaired) electrons. The predicted molar refractivity (Wildman–Crippen MR) is 110 cm³/mol. The summed E-state index contributed by atoms with van der Waals surface area (Å²) in [7, 11) is 2.09. The van der Waals surface area contributed by atoms with Gasteiger partial charge in [0.15, 0.2) is 5.78 Å². The molecule has 1 aromatic carbocycles. The Morgan fingerprint density at radius 3 is 2.71 bits per heavy atom. The van der Waals surface area contributed by atoms with E-state index in [1.165, 1.54) is 11.1 Å². The first-order chi connectivity index (χ1) is 12.9. The van der Waals surface area contributed by atoms with Crippen LogP contribution in [0.15, 0.2) is 18.2 Å². The van der Waals surface area contributed by atoms with Crippen LogP contribution in [-0.2, 0) is 15.0 Å². The second kappa shape index (κ2) is 8.01. The number of carbonyl (C=O) groups excluding carboxylic acids is 2. The summed E-state index contributed by atoms with van der Waals surface area (Å²) in [6.45, 7) is 8.26. The smallest absolute Gasteiger partial charge is 0.234 e. The molecule has 1 N–H and O–H groups in total. The van der Waals surface area contributed by atoms with Crippen molar-refractivity contribution in [2.75, 3.05) is 39.8 Å². The number of nitrogens with one attached hydrogen (secondary N) is 1. The van der Waals surface area contributed by atoms with Gasteiger partial charge in [-0.15, -0.1) is 12.4 Å². The van der Waals surface area contributed by atoms with Gasteiger partial charge < -0.3 is 15.0 Å². The van der Waals surface area contributed by atoms with Crippen molar-refractivity contribution >= 4 is 24.1 Å². The summed E-state index contributed by atoms with van der Waals surface area (Å²) in [5, 5.41) is 3.00. The maximum atomic E-state index is 12.7. The highest BCUT2D eigenvalue weighted by Gasteiger charge is 2.54. The van der Waals surface area contributed by atoms with Gasteiger partial charge >= 0.3 is 0 Å². The minimum absolute atomic E-state index is 0.